The molecule has 1 aliphatic carbocycles. The van der Waals surface area contributed by atoms with Crippen LogP contribution in [0, 0.1) is 0 Å². The average molecular weight is 622 g/mol. The Kier molecular flexibility index (Phi) is 6.25. The van der Waals surface area contributed by atoms with Crippen LogP contribution in [0.4, 0.5) is 0 Å². The first-order chi connectivity index (χ1) is 24.3. The van der Waals surface area contributed by atoms with Crippen molar-refractivity contribution in [1.29, 1.82) is 0 Å². The first kappa shape index (κ1) is 27.7. The summed E-state index contributed by atoms with van der Waals surface area (Å²) in [6, 6.07) is 68.8. The van der Waals surface area contributed by atoms with Gasteiger partial charge in [0.15, 0.2) is 0 Å². The summed E-state index contributed by atoms with van der Waals surface area (Å²) < 4.78 is 2.37. The predicted octanol–water partition coefficient (Wildman–Crippen LogP) is 13.1. The minimum absolute atomic E-state index is 1.18. The van der Waals surface area contributed by atoms with Crippen LogP contribution in [-0.4, -0.2) is 4.57 Å². The van der Waals surface area contributed by atoms with Crippen molar-refractivity contribution in [3.63, 3.8) is 0 Å². The van der Waals surface area contributed by atoms with Gasteiger partial charge in [0.1, 0.15) is 0 Å². The van der Waals surface area contributed by atoms with Crippen molar-refractivity contribution in [3.05, 3.63) is 188 Å². The van der Waals surface area contributed by atoms with E-state index in [1.807, 2.05) is 0 Å². The lowest BCUT2D eigenvalue weighted by molar-refractivity contribution is 1.18. The van der Waals surface area contributed by atoms with E-state index in [0.29, 0.717) is 0 Å². The van der Waals surface area contributed by atoms with Gasteiger partial charge in [-0.05, 0) is 109 Å². The molecule has 0 saturated heterocycles. The lowest BCUT2D eigenvalue weighted by Gasteiger charge is -2.23. The van der Waals surface area contributed by atoms with Crippen molar-refractivity contribution in [2.45, 2.75) is 0 Å². The van der Waals surface area contributed by atoms with E-state index >= 15 is 0 Å². The third-order valence-electron chi connectivity index (χ3n) is 10.2. The normalized spacial score (nSPS) is 11.7. The largest absolute Gasteiger partial charge is 0.309 e. The van der Waals surface area contributed by atoms with E-state index in [4.69, 9.17) is 0 Å². The van der Waals surface area contributed by atoms with Crippen LogP contribution in [0.5, 0.6) is 0 Å². The molecule has 9 aromatic rings. The molecule has 0 unspecified atom stereocenters. The van der Waals surface area contributed by atoms with Gasteiger partial charge in [0.25, 0.3) is 0 Å². The van der Waals surface area contributed by atoms with Crippen LogP contribution in [-0.2, 0) is 0 Å². The molecule has 1 heteroatoms. The van der Waals surface area contributed by atoms with Gasteiger partial charge in [0, 0.05) is 16.5 Å². The Labute approximate surface area is 286 Å². The van der Waals surface area contributed by atoms with Crippen LogP contribution < -0.4 is 0 Å². The highest BCUT2D eigenvalue weighted by Crippen LogP contribution is 2.48. The first-order valence-corrected chi connectivity index (χ1v) is 16.9. The first-order valence-electron chi connectivity index (χ1n) is 16.9. The maximum atomic E-state index is 2.40. The van der Waals surface area contributed by atoms with E-state index in [1.165, 1.54) is 94.3 Å². The Morgan fingerprint density at radius 1 is 0.245 bits per heavy atom. The Hall–Kier alpha value is -6.44. The molecule has 0 aliphatic heterocycles. The summed E-state index contributed by atoms with van der Waals surface area (Å²) in [5.41, 5.74) is 18.6. The lowest BCUT2D eigenvalue weighted by atomic mass is 9.80. The summed E-state index contributed by atoms with van der Waals surface area (Å²) in [6.45, 7) is 0. The van der Waals surface area contributed by atoms with Crippen LogP contribution >= 0.6 is 0 Å². The molecule has 0 fully saturated rings. The number of aromatic nitrogens is 1. The molecular weight excluding hydrogens is 591 g/mol. The molecule has 0 saturated carbocycles. The molecule has 228 valence electrons. The number of nitrogens with zero attached hydrogens (tertiary/aromatic N) is 1. The fourth-order valence-corrected chi connectivity index (χ4v) is 7.93. The van der Waals surface area contributed by atoms with Gasteiger partial charge >= 0.3 is 0 Å². The van der Waals surface area contributed by atoms with Gasteiger partial charge in [0.05, 0.1) is 11.0 Å². The highest BCUT2D eigenvalue weighted by Gasteiger charge is 2.22. The van der Waals surface area contributed by atoms with E-state index < -0.39 is 0 Å². The molecule has 0 atom stereocenters. The number of para-hydroxylation sites is 2. The number of hydrogen-bond donors (Lipinski definition) is 0. The highest BCUT2D eigenvalue weighted by atomic mass is 15.0. The molecular formula is C48H31N. The summed E-state index contributed by atoms with van der Waals surface area (Å²) in [6.07, 6.45) is 0. The molecule has 1 aliphatic rings. The number of rotatable bonds is 3. The summed E-state index contributed by atoms with van der Waals surface area (Å²) in [5.74, 6) is 0. The SMILES string of the molecule is c1ccc(-n2c3ccccc3c3cc(-c4cccc(-c5ccc6c(c5)-c5ccccc5-c5ccccc5-c5ccccc5-6)c4)ccc32)cc1. The number of benzene rings is 8. The monoisotopic (exact) mass is 621 g/mol. The van der Waals surface area contributed by atoms with Gasteiger partial charge in [-0.2, -0.15) is 0 Å². The minimum atomic E-state index is 1.18. The Bertz CT molecular complexity index is 2700. The Morgan fingerprint density at radius 2 is 0.694 bits per heavy atom. The predicted molar refractivity (Wildman–Crippen MR) is 207 cm³/mol. The van der Waals surface area contributed by atoms with Gasteiger partial charge in [-0.25, -0.2) is 0 Å². The molecule has 0 bridgehead atoms. The zero-order valence-electron chi connectivity index (χ0n) is 26.8. The van der Waals surface area contributed by atoms with E-state index in [2.05, 4.69) is 193 Å². The van der Waals surface area contributed by atoms with Gasteiger partial charge in [0.2, 0.25) is 0 Å². The Morgan fingerprint density at radius 3 is 1.33 bits per heavy atom. The van der Waals surface area contributed by atoms with Crippen LogP contribution in [0.1, 0.15) is 0 Å². The van der Waals surface area contributed by atoms with Crippen LogP contribution in [0.15, 0.2) is 188 Å². The van der Waals surface area contributed by atoms with Crippen molar-refractivity contribution in [2.75, 3.05) is 0 Å². The lowest BCUT2D eigenvalue weighted by Crippen LogP contribution is -1.97. The molecule has 0 spiro atoms. The van der Waals surface area contributed by atoms with Crippen molar-refractivity contribution in [3.8, 4) is 72.4 Å². The molecule has 49 heavy (non-hydrogen) atoms. The minimum Gasteiger partial charge on any atom is -0.309 e. The van der Waals surface area contributed by atoms with E-state index in [1.54, 1.807) is 0 Å². The van der Waals surface area contributed by atoms with Crippen molar-refractivity contribution < 1.29 is 0 Å². The molecule has 0 radical (unpaired) electrons. The zero-order chi connectivity index (χ0) is 32.3. The summed E-state index contributed by atoms with van der Waals surface area (Å²) in [7, 11) is 0. The van der Waals surface area contributed by atoms with Gasteiger partial charge in [-0.15, -0.1) is 0 Å². The van der Waals surface area contributed by atoms with Gasteiger partial charge in [-0.3, -0.25) is 0 Å². The second kappa shape index (κ2) is 11.1. The quantitative estimate of drug-likeness (QED) is 0.185. The molecule has 1 nitrogen and oxygen atoms in total. The number of fused-ring (bicyclic) bond motifs is 11. The maximum Gasteiger partial charge on any atom is 0.0541 e. The van der Waals surface area contributed by atoms with Crippen LogP contribution in [0.2, 0.25) is 0 Å². The highest BCUT2D eigenvalue weighted by molar-refractivity contribution is 6.10. The fraction of sp³-hybridized carbons (Fsp3) is 0. The third kappa shape index (κ3) is 4.40. The molecule has 0 N–H and O–H groups in total. The van der Waals surface area contributed by atoms with E-state index in [9.17, 15) is 0 Å². The number of hydrogen-bond acceptors (Lipinski definition) is 0. The second-order valence-electron chi connectivity index (χ2n) is 12.9. The summed E-state index contributed by atoms with van der Waals surface area (Å²) in [4.78, 5) is 0. The molecule has 1 heterocycles. The maximum absolute atomic E-state index is 2.40. The Balaban J connectivity index is 1.13. The second-order valence-corrected chi connectivity index (χ2v) is 12.9. The molecule has 0 amide bonds. The van der Waals surface area contributed by atoms with Crippen LogP contribution in [0.25, 0.3) is 94.3 Å². The fourth-order valence-electron chi connectivity index (χ4n) is 7.93. The van der Waals surface area contributed by atoms with Crippen LogP contribution in [0.3, 0.4) is 0 Å². The topological polar surface area (TPSA) is 4.93 Å². The third-order valence-corrected chi connectivity index (χ3v) is 10.2. The molecule has 8 aromatic carbocycles. The van der Waals surface area contributed by atoms with Crippen molar-refractivity contribution >= 4 is 21.8 Å². The van der Waals surface area contributed by atoms with Gasteiger partial charge in [-0.1, -0.05) is 146 Å². The average Bonchev–Trinajstić information content (AvgIpc) is 3.51. The van der Waals surface area contributed by atoms with E-state index in [0.717, 1.165) is 0 Å². The zero-order valence-corrected chi connectivity index (χ0v) is 26.8. The standard InChI is InChI=1S/C48H31N/c1-2-15-36(16-3-1)49-47-24-11-10-23-44(47)46-31-35(26-28-48(46)49)33-14-12-13-32(29-33)34-25-27-43-41-21-7-6-19-39(41)37-17-4-5-18-38(37)40-20-8-9-22-42(40)45(43)30-34/h1-31H. The van der Waals surface area contributed by atoms with Crippen molar-refractivity contribution in [2.24, 2.45) is 0 Å². The van der Waals surface area contributed by atoms with E-state index in [-0.39, 0.29) is 0 Å². The van der Waals surface area contributed by atoms with Gasteiger partial charge < -0.3 is 4.57 Å². The molecule has 10 rings (SSSR count). The molecule has 1 aromatic heterocycles. The smallest absolute Gasteiger partial charge is 0.0541 e. The van der Waals surface area contributed by atoms with Crippen molar-refractivity contribution in [1.82, 2.24) is 4.57 Å². The summed E-state index contributed by atoms with van der Waals surface area (Å²) >= 11 is 0. The summed E-state index contributed by atoms with van der Waals surface area (Å²) in [5, 5.41) is 2.53.